The van der Waals surface area contributed by atoms with Crippen LogP contribution in [0, 0.1) is 0 Å². The molecule has 0 atom stereocenters. The van der Waals surface area contributed by atoms with Gasteiger partial charge in [-0.05, 0) is 49.8 Å². The van der Waals surface area contributed by atoms with E-state index in [2.05, 4.69) is 88.7 Å². The van der Waals surface area contributed by atoms with E-state index >= 15 is 0 Å². The predicted molar refractivity (Wildman–Crippen MR) is 113 cm³/mol. The number of phenolic OH excluding ortho intramolecular Hbond substituents is 1. The van der Waals surface area contributed by atoms with E-state index in [0.717, 1.165) is 16.7 Å². The third-order valence-corrected chi connectivity index (χ3v) is 6.19. The van der Waals surface area contributed by atoms with E-state index in [1.807, 2.05) is 24.3 Å². The van der Waals surface area contributed by atoms with Crippen LogP contribution in [-0.4, -0.2) is 5.11 Å². The van der Waals surface area contributed by atoms with Crippen molar-refractivity contribution in [3.8, 4) is 16.9 Å². The maximum Gasteiger partial charge on any atom is 0.137 e. The van der Waals surface area contributed by atoms with Crippen molar-refractivity contribution >= 4 is 15.9 Å². The van der Waals surface area contributed by atoms with Gasteiger partial charge in [-0.2, -0.15) is 0 Å². The zero-order valence-corrected chi connectivity index (χ0v) is 16.1. The SMILES string of the molecule is Oc1c(Br)ccc2c1-c1ccccc1C2(c1ccccc1)c1ccccc1. The lowest BCUT2D eigenvalue weighted by atomic mass is 9.68. The summed E-state index contributed by atoms with van der Waals surface area (Å²) >= 11 is 3.50. The molecule has 0 heterocycles. The number of fused-ring (bicyclic) bond motifs is 3. The summed E-state index contributed by atoms with van der Waals surface area (Å²) in [5, 5.41) is 10.9. The van der Waals surface area contributed by atoms with Crippen LogP contribution in [0.1, 0.15) is 22.3 Å². The Bertz CT molecular complexity index is 1090. The highest BCUT2D eigenvalue weighted by Gasteiger charge is 2.47. The average Bonchev–Trinajstić information content (AvgIpc) is 3.04. The molecule has 4 aromatic rings. The summed E-state index contributed by atoms with van der Waals surface area (Å²) in [4.78, 5) is 0. The molecule has 0 aromatic heterocycles. The van der Waals surface area contributed by atoms with Crippen LogP contribution in [0.5, 0.6) is 5.75 Å². The molecule has 0 unspecified atom stereocenters. The molecule has 1 nitrogen and oxygen atoms in total. The molecular weight excluding hydrogens is 396 g/mol. The molecule has 2 heteroatoms. The highest BCUT2D eigenvalue weighted by atomic mass is 79.9. The van der Waals surface area contributed by atoms with Gasteiger partial charge in [0.1, 0.15) is 5.75 Å². The van der Waals surface area contributed by atoms with Crippen LogP contribution in [0.15, 0.2) is 102 Å². The highest BCUT2D eigenvalue weighted by molar-refractivity contribution is 9.10. The summed E-state index contributed by atoms with van der Waals surface area (Å²) in [6, 6.07) is 33.6. The first kappa shape index (κ1) is 16.3. The van der Waals surface area contributed by atoms with Gasteiger partial charge in [0.2, 0.25) is 0 Å². The van der Waals surface area contributed by atoms with Crippen molar-refractivity contribution in [2.75, 3.05) is 0 Å². The zero-order valence-electron chi connectivity index (χ0n) is 14.6. The minimum absolute atomic E-state index is 0.300. The number of rotatable bonds is 2. The molecule has 1 aliphatic carbocycles. The van der Waals surface area contributed by atoms with Crippen molar-refractivity contribution in [1.29, 1.82) is 0 Å². The van der Waals surface area contributed by atoms with Crippen LogP contribution < -0.4 is 0 Å². The van der Waals surface area contributed by atoms with E-state index < -0.39 is 5.41 Å². The standard InChI is InChI=1S/C25H17BrO/c26-22-16-15-21-23(24(22)27)19-13-7-8-14-20(19)25(21,17-9-3-1-4-10-17)18-11-5-2-6-12-18/h1-16,27H. The second-order valence-electron chi connectivity index (χ2n) is 6.85. The lowest BCUT2D eigenvalue weighted by Gasteiger charge is -2.33. The van der Waals surface area contributed by atoms with Gasteiger partial charge in [0.15, 0.2) is 0 Å². The smallest absolute Gasteiger partial charge is 0.137 e. The molecule has 1 aliphatic rings. The van der Waals surface area contributed by atoms with Gasteiger partial charge in [0.05, 0.1) is 9.89 Å². The first-order valence-corrected chi connectivity index (χ1v) is 9.76. The van der Waals surface area contributed by atoms with Crippen molar-refractivity contribution in [3.63, 3.8) is 0 Å². The molecule has 5 rings (SSSR count). The van der Waals surface area contributed by atoms with Gasteiger partial charge in [-0.3, -0.25) is 0 Å². The van der Waals surface area contributed by atoms with E-state index in [9.17, 15) is 5.11 Å². The molecule has 0 bridgehead atoms. The summed E-state index contributed by atoms with van der Waals surface area (Å²) in [6.07, 6.45) is 0. The van der Waals surface area contributed by atoms with Crippen molar-refractivity contribution in [3.05, 3.63) is 124 Å². The fourth-order valence-electron chi connectivity index (χ4n) is 4.49. The fraction of sp³-hybridized carbons (Fsp3) is 0.0400. The maximum atomic E-state index is 10.9. The summed E-state index contributed by atoms with van der Waals surface area (Å²) in [7, 11) is 0. The van der Waals surface area contributed by atoms with E-state index in [0.29, 0.717) is 10.2 Å². The van der Waals surface area contributed by atoms with E-state index in [1.54, 1.807) is 0 Å². The molecule has 4 aromatic carbocycles. The molecule has 0 fully saturated rings. The molecular formula is C25H17BrO. The largest absolute Gasteiger partial charge is 0.506 e. The molecule has 1 N–H and O–H groups in total. The Morgan fingerprint density at radius 1 is 0.593 bits per heavy atom. The van der Waals surface area contributed by atoms with Gasteiger partial charge in [-0.1, -0.05) is 91.0 Å². The van der Waals surface area contributed by atoms with Gasteiger partial charge in [-0.25, -0.2) is 0 Å². The topological polar surface area (TPSA) is 20.2 Å². The summed E-state index contributed by atoms with van der Waals surface area (Å²) in [5.41, 5.74) is 6.25. The predicted octanol–water partition coefficient (Wildman–Crippen LogP) is 6.52. The van der Waals surface area contributed by atoms with Crippen molar-refractivity contribution in [1.82, 2.24) is 0 Å². The molecule has 0 aliphatic heterocycles. The molecule has 0 radical (unpaired) electrons. The number of aromatic hydroxyl groups is 1. The number of benzene rings is 4. The number of hydrogen-bond donors (Lipinski definition) is 1. The third-order valence-electron chi connectivity index (χ3n) is 5.55. The van der Waals surface area contributed by atoms with Gasteiger partial charge < -0.3 is 5.11 Å². The normalized spacial score (nSPS) is 13.8. The number of phenols is 1. The molecule has 0 saturated heterocycles. The van der Waals surface area contributed by atoms with Crippen molar-refractivity contribution in [2.45, 2.75) is 5.41 Å². The van der Waals surface area contributed by atoms with Gasteiger partial charge in [0.25, 0.3) is 0 Å². The minimum atomic E-state index is -0.452. The van der Waals surface area contributed by atoms with E-state index in [1.165, 1.54) is 16.7 Å². The average molecular weight is 413 g/mol. The van der Waals surface area contributed by atoms with Crippen LogP contribution in [0.3, 0.4) is 0 Å². The Balaban J connectivity index is 2.01. The summed E-state index contributed by atoms with van der Waals surface area (Å²) in [6.45, 7) is 0. The lowest BCUT2D eigenvalue weighted by molar-refractivity contribution is 0.473. The quantitative estimate of drug-likeness (QED) is 0.349. The van der Waals surface area contributed by atoms with Crippen molar-refractivity contribution < 1.29 is 5.11 Å². The van der Waals surface area contributed by atoms with Crippen LogP contribution >= 0.6 is 15.9 Å². The fourth-order valence-corrected chi connectivity index (χ4v) is 4.82. The third kappa shape index (κ3) is 2.17. The van der Waals surface area contributed by atoms with E-state index in [-0.39, 0.29) is 0 Å². The van der Waals surface area contributed by atoms with Crippen LogP contribution in [0.2, 0.25) is 0 Å². The first-order chi connectivity index (χ1) is 13.2. The van der Waals surface area contributed by atoms with Crippen LogP contribution in [-0.2, 0) is 5.41 Å². The number of halogens is 1. The first-order valence-electron chi connectivity index (χ1n) is 8.97. The van der Waals surface area contributed by atoms with Gasteiger partial charge in [0, 0.05) is 5.56 Å². The summed E-state index contributed by atoms with van der Waals surface area (Å²) < 4.78 is 0.716. The zero-order chi connectivity index (χ0) is 18.4. The Hall–Kier alpha value is -2.84. The van der Waals surface area contributed by atoms with Crippen LogP contribution in [0.4, 0.5) is 0 Å². The Morgan fingerprint density at radius 2 is 1.15 bits per heavy atom. The van der Waals surface area contributed by atoms with Crippen LogP contribution in [0.25, 0.3) is 11.1 Å². The van der Waals surface area contributed by atoms with Crippen molar-refractivity contribution in [2.24, 2.45) is 0 Å². The van der Waals surface area contributed by atoms with E-state index in [4.69, 9.17) is 0 Å². The monoisotopic (exact) mass is 412 g/mol. The molecule has 0 spiro atoms. The maximum absolute atomic E-state index is 10.9. The second-order valence-corrected chi connectivity index (χ2v) is 7.70. The lowest BCUT2D eigenvalue weighted by Crippen LogP contribution is -2.28. The second kappa shape index (κ2) is 6.11. The summed E-state index contributed by atoms with van der Waals surface area (Å²) in [5.74, 6) is 0.300. The molecule has 27 heavy (non-hydrogen) atoms. The molecule has 0 amide bonds. The Morgan fingerprint density at radius 3 is 1.78 bits per heavy atom. The number of hydrogen-bond acceptors (Lipinski definition) is 1. The minimum Gasteiger partial charge on any atom is -0.506 e. The van der Waals surface area contributed by atoms with Gasteiger partial charge >= 0.3 is 0 Å². The van der Waals surface area contributed by atoms with Gasteiger partial charge in [-0.15, -0.1) is 0 Å². The Labute approximate surface area is 167 Å². The highest BCUT2D eigenvalue weighted by Crippen LogP contribution is 2.59. The Kier molecular flexibility index (Phi) is 3.70. The molecule has 0 saturated carbocycles. The molecule has 130 valence electrons.